The van der Waals surface area contributed by atoms with Gasteiger partial charge in [0.05, 0.1) is 17.7 Å². The third-order valence-electron chi connectivity index (χ3n) is 4.84. The Kier molecular flexibility index (Phi) is 5.84. The summed E-state index contributed by atoms with van der Waals surface area (Å²) in [5.74, 6) is 0.413. The van der Waals surface area contributed by atoms with Gasteiger partial charge in [-0.05, 0) is 48.2 Å². The van der Waals surface area contributed by atoms with Crippen molar-refractivity contribution in [1.82, 2.24) is 4.57 Å². The second-order valence-electron chi connectivity index (χ2n) is 7.20. The standard InChI is InChI=1S/C23H27NO3/c1-4-5-6-13-27-22-15-19(8-9-20(22)16(2)3)24-12-11-17-14-18(23(25)26)7-10-21(17)24/h7-12,14-16H,4-6,13H2,1-3H3,(H,25,26). The number of carboxylic acid groups (broad SMARTS) is 1. The van der Waals surface area contributed by atoms with E-state index in [9.17, 15) is 9.90 Å². The first-order valence-electron chi connectivity index (χ1n) is 9.62. The molecule has 4 heteroatoms. The number of carboxylic acids is 1. The number of hydrogen-bond donors (Lipinski definition) is 1. The highest BCUT2D eigenvalue weighted by atomic mass is 16.5. The average molecular weight is 365 g/mol. The first kappa shape index (κ1) is 19.0. The van der Waals surface area contributed by atoms with Crippen LogP contribution in [0.4, 0.5) is 0 Å². The summed E-state index contributed by atoms with van der Waals surface area (Å²) >= 11 is 0. The van der Waals surface area contributed by atoms with Gasteiger partial charge in [0.2, 0.25) is 0 Å². The molecule has 0 atom stereocenters. The highest BCUT2D eigenvalue weighted by molar-refractivity contribution is 5.94. The minimum absolute atomic E-state index is 0.301. The van der Waals surface area contributed by atoms with Crippen molar-refractivity contribution in [3.63, 3.8) is 0 Å². The van der Waals surface area contributed by atoms with Crippen LogP contribution < -0.4 is 4.74 Å². The van der Waals surface area contributed by atoms with Crippen molar-refractivity contribution < 1.29 is 14.6 Å². The van der Waals surface area contributed by atoms with Gasteiger partial charge in [0.25, 0.3) is 0 Å². The molecule has 0 aliphatic rings. The lowest BCUT2D eigenvalue weighted by molar-refractivity contribution is 0.0697. The molecule has 0 unspecified atom stereocenters. The third-order valence-corrected chi connectivity index (χ3v) is 4.84. The van der Waals surface area contributed by atoms with Gasteiger partial charge in [-0.1, -0.05) is 39.7 Å². The van der Waals surface area contributed by atoms with Crippen molar-refractivity contribution in [3.8, 4) is 11.4 Å². The van der Waals surface area contributed by atoms with Gasteiger partial charge in [-0.3, -0.25) is 0 Å². The molecule has 0 radical (unpaired) electrons. The summed E-state index contributed by atoms with van der Waals surface area (Å²) in [7, 11) is 0. The predicted molar refractivity (Wildman–Crippen MR) is 109 cm³/mol. The smallest absolute Gasteiger partial charge is 0.335 e. The Labute approximate surface area is 160 Å². The van der Waals surface area contributed by atoms with Crippen LogP contribution in [-0.2, 0) is 0 Å². The molecule has 0 aliphatic carbocycles. The molecule has 3 rings (SSSR count). The van der Waals surface area contributed by atoms with Gasteiger partial charge in [-0.15, -0.1) is 0 Å². The second-order valence-corrected chi connectivity index (χ2v) is 7.20. The summed E-state index contributed by atoms with van der Waals surface area (Å²) in [6.07, 6.45) is 5.38. The first-order valence-corrected chi connectivity index (χ1v) is 9.62. The van der Waals surface area contributed by atoms with Crippen LogP contribution in [0.2, 0.25) is 0 Å². The molecule has 27 heavy (non-hydrogen) atoms. The van der Waals surface area contributed by atoms with Gasteiger partial charge in [0.1, 0.15) is 5.75 Å². The van der Waals surface area contributed by atoms with Crippen LogP contribution in [0.1, 0.15) is 61.9 Å². The lowest BCUT2D eigenvalue weighted by Crippen LogP contribution is -2.03. The Balaban J connectivity index is 1.96. The zero-order chi connectivity index (χ0) is 19.4. The maximum absolute atomic E-state index is 11.2. The second kappa shape index (κ2) is 8.30. The van der Waals surface area contributed by atoms with E-state index >= 15 is 0 Å². The van der Waals surface area contributed by atoms with Crippen molar-refractivity contribution in [1.29, 1.82) is 0 Å². The van der Waals surface area contributed by atoms with Gasteiger partial charge in [0, 0.05) is 23.3 Å². The van der Waals surface area contributed by atoms with Crippen LogP contribution in [0.25, 0.3) is 16.6 Å². The molecule has 0 spiro atoms. The average Bonchev–Trinajstić information content (AvgIpc) is 3.08. The van der Waals surface area contributed by atoms with Crippen molar-refractivity contribution in [2.45, 2.75) is 46.0 Å². The van der Waals surface area contributed by atoms with E-state index in [-0.39, 0.29) is 0 Å². The fourth-order valence-corrected chi connectivity index (χ4v) is 3.31. The first-order chi connectivity index (χ1) is 13.0. The molecule has 1 aromatic heterocycles. The molecular weight excluding hydrogens is 338 g/mol. The molecule has 2 aromatic carbocycles. The number of carbonyl (C=O) groups is 1. The zero-order valence-electron chi connectivity index (χ0n) is 16.2. The fourth-order valence-electron chi connectivity index (χ4n) is 3.31. The number of aromatic carboxylic acids is 1. The van der Waals surface area contributed by atoms with Crippen LogP contribution in [0, 0.1) is 0 Å². The summed E-state index contributed by atoms with van der Waals surface area (Å²) in [6.45, 7) is 7.26. The third kappa shape index (κ3) is 4.16. The molecule has 3 aromatic rings. The number of nitrogens with zero attached hydrogens (tertiary/aromatic N) is 1. The molecule has 1 heterocycles. The van der Waals surface area contributed by atoms with Crippen molar-refractivity contribution >= 4 is 16.9 Å². The van der Waals surface area contributed by atoms with E-state index in [2.05, 4.69) is 43.5 Å². The quantitative estimate of drug-likeness (QED) is 0.497. The molecule has 0 aliphatic heterocycles. The van der Waals surface area contributed by atoms with E-state index in [0.29, 0.717) is 11.5 Å². The van der Waals surface area contributed by atoms with Gasteiger partial charge in [-0.2, -0.15) is 0 Å². The monoisotopic (exact) mass is 365 g/mol. The minimum Gasteiger partial charge on any atom is -0.493 e. The van der Waals surface area contributed by atoms with Crippen LogP contribution in [0.3, 0.4) is 0 Å². The summed E-state index contributed by atoms with van der Waals surface area (Å²) in [6, 6.07) is 13.5. The molecule has 0 fully saturated rings. The normalized spacial score (nSPS) is 11.3. The molecule has 0 saturated heterocycles. The molecule has 142 valence electrons. The maximum atomic E-state index is 11.2. The number of hydrogen-bond acceptors (Lipinski definition) is 2. The van der Waals surface area contributed by atoms with Crippen LogP contribution in [0.15, 0.2) is 48.7 Å². The van der Waals surface area contributed by atoms with Crippen molar-refractivity contribution in [3.05, 3.63) is 59.8 Å². The maximum Gasteiger partial charge on any atom is 0.335 e. The van der Waals surface area contributed by atoms with Gasteiger partial charge >= 0.3 is 5.97 Å². The number of ether oxygens (including phenoxy) is 1. The molecule has 1 N–H and O–H groups in total. The highest BCUT2D eigenvalue weighted by Gasteiger charge is 2.12. The molecule has 0 amide bonds. The van der Waals surface area contributed by atoms with Crippen molar-refractivity contribution in [2.75, 3.05) is 6.61 Å². The summed E-state index contributed by atoms with van der Waals surface area (Å²) in [4.78, 5) is 11.2. The predicted octanol–water partition coefficient (Wildman–Crippen LogP) is 6.02. The summed E-state index contributed by atoms with van der Waals surface area (Å²) in [5, 5.41) is 10.1. The van der Waals surface area contributed by atoms with Gasteiger partial charge < -0.3 is 14.4 Å². The number of benzene rings is 2. The molecule has 0 saturated carbocycles. The lowest BCUT2D eigenvalue weighted by Gasteiger charge is -2.16. The summed E-state index contributed by atoms with van der Waals surface area (Å²) < 4.78 is 8.18. The van der Waals surface area contributed by atoms with E-state index < -0.39 is 5.97 Å². The number of unbranched alkanes of at least 4 members (excludes halogenated alkanes) is 2. The van der Waals surface area contributed by atoms with E-state index in [1.165, 1.54) is 18.4 Å². The topological polar surface area (TPSA) is 51.5 Å². The van der Waals surface area contributed by atoms with Gasteiger partial charge in [-0.25, -0.2) is 4.79 Å². The van der Waals surface area contributed by atoms with Crippen LogP contribution >= 0.6 is 0 Å². The largest absolute Gasteiger partial charge is 0.493 e. The SMILES string of the molecule is CCCCCOc1cc(-n2ccc3cc(C(=O)O)ccc32)ccc1C(C)C. The van der Waals surface area contributed by atoms with E-state index in [4.69, 9.17) is 4.74 Å². The summed E-state index contributed by atoms with van der Waals surface area (Å²) in [5.41, 5.74) is 3.51. The Morgan fingerprint density at radius 1 is 1.11 bits per heavy atom. The van der Waals surface area contributed by atoms with Crippen LogP contribution in [-0.4, -0.2) is 22.2 Å². The number of aromatic nitrogens is 1. The highest BCUT2D eigenvalue weighted by Crippen LogP contribution is 2.31. The number of fused-ring (bicyclic) bond motifs is 1. The van der Waals surface area contributed by atoms with Crippen LogP contribution in [0.5, 0.6) is 5.75 Å². The lowest BCUT2D eigenvalue weighted by atomic mass is 10.0. The van der Waals surface area contributed by atoms with E-state index in [1.54, 1.807) is 12.1 Å². The van der Waals surface area contributed by atoms with Crippen molar-refractivity contribution in [2.24, 2.45) is 0 Å². The Morgan fingerprint density at radius 2 is 1.93 bits per heavy atom. The Bertz CT molecular complexity index is 940. The fraction of sp³-hybridized carbons (Fsp3) is 0.348. The molecular formula is C23H27NO3. The zero-order valence-corrected chi connectivity index (χ0v) is 16.2. The Hall–Kier alpha value is -2.75. The Morgan fingerprint density at radius 3 is 2.63 bits per heavy atom. The molecule has 0 bridgehead atoms. The minimum atomic E-state index is -0.909. The van der Waals surface area contributed by atoms with E-state index in [1.807, 2.05) is 18.3 Å². The van der Waals surface area contributed by atoms with E-state index in [0.717, 1.165) is 35.4 Å². The molecule has 4 nitrogen and oxygen atoms in total. The number of rotatable bonds is 8. The van der Waals surface area contributed by atoms with Gasteiger partial charge in [0.15, 0.2) is 0 Å².